The van der Waals surface area contributed by atoms with Crippen molar-refractivity contribution in [3.63, 3.8) is 0 Å². The molecule has 1 heterocycles. The van der Waals surface area contributed by atoms with E-state index < -0.39 is 17.7 Å². The van der Waals surface area contributed by atoms with Crippen molar-refractivity contribution < 1.29 is 22.8 Å². The summed E-state index contributed by atoms with van der Waals surface area (Å²) in [6.07, 6.45) is -5.09. The van der Waals surface area contributed by atoms with Gasteiger partial charge in [-0.25, -0.2) is 4.79 Å². The predicted octanol–water partition coefficient (Wildman–Crippen LogP) is 4.64. The van der Waals surface area contributed by atoms with Crippen LogP contribution in [0, 0.1) is 0 Å². The average Bonchev–Trinajstić information content (AvgIpc) is 2.98. The highest BCUT2D eigenvalue weighted by Crippen LogP contribution is 2.38. The lowest BCUT2D eigenvalue weighted by molar-refractivity contribution is -0.201. The van der Waals surface area contributed by atoms with Gasteiger partial charge in [-0.05, 0) is 56.5 Å². The number of alkyl halides is 3. The number of hydrogen-bond donors (Lipinski definition) is 2. The van der Waals surface area contributed by atoms with E-state index in [-0.39, 0.29) is 0 Å². The molecule has 0 saturated carbocycles. The van der Waals surface area contributed by atoms with Crippen LogP contribution in [0.3, 0.4) is 0 Å². The Morgan fingerprint density at radius 3 is 2.14 bits per heavy atom. The molecule has 0 aliphatic carbocycles. The minimum atomic E-state index is -5.09. The highest BCUT2D eigenvalue weighted by atomic mass is 19.4. The number of benzene rings is 2. The first-order chi connectivity index (χ1) is 13.4. The molecule has 2 aromatic rings. The van der Waals surface area contributed by atoms with E-state index in [0.717, 1.165) is 27.4 Å². The van der Waals surface area contributed by atoms with Crippen LogP contribution in [0.1, 0.15) is 38.8 Å². The Balaban J connectivity index is 1.97. The minimum absolute atomic E-state index is 0.322. The highest BCUT2D eigenvalue weighted by Gasteiger charge is 2.44. The fourth-order valence-corrected chi connectivity index (χ4v) is 2.99. The SMILES string of the molecule is CC(C)=C1NN(OC(=O)C(F)(F)F)c2ccc(-c3ccc(C(C)(C)N)cc3)cc21. The number of anilines is 1. The maximum Gasteiger partial charge on any atom is 0.493 e. The third kappa shape index (κ3) is 4.22. The second-order valence-corrected chi connectivity index (χ2v) is 7.69. The maximum atomic E-state index is 12.6. The normalized spacial score (nSPS) is 13.8. The number of nitrogens with one attached hydrogen (secondary N) is 1. The molecule has 0 fully saturated rings. The van der Waals surface area contributed by atoms with Gasteiger partial charge in [0.2, 0.25) is 0 Å². The van der Waals surface area contributed by atoms with Crippen LogP contribution in [0.15, 0.2) is 48.0 Å². The number of nitrogens with zero attached hydrogens (tertiary/aromatic N) is 1. The molecule has 2 aromatic carbocycles. The summed E-state index contributed by atoms with van der Waals surface area (Å²) in [4.78, 5) is 15.7. The molecule has 29 heavy (non-hydrogen) atoms. The fraction of sp³-hybridized carbons (Fsp3) is 0.286. The van der Waals surface area contributed by atoms with Gasteiger partial charge in [0.25, 0.3) is 0 Å². The fourth-order valence-electron chi connectivity index (χ4n) is 2.99. The third-order valence-corrected chi connectivity index (χ3v) is 4.57. The van der Waals surface area contributed by atoms with Gasteiger partial charge in [-0.1, -0.05) is 35.9 Å². The van der Waals surface area contributed by atoms with E-state index >= 15 is 0 Å². The molecule has 5 nitrogen and oxygen atoms in total. The summed E-state index contributed by atoms with van der Waals surface area (Å²) in [7, 11) is 0. The Morgan fingerprint density at radius 2 is 1.62 bits per heavy atom. The zero-order valence-electron chi connectivity index (χ0n) is 16.5. The maximum absolute atomic E-state index is 12.6. The number of fused-ring (bicyclic) bond motifs is 1. The minimum Gasteiger partial charge on any atom is -0.322 e. The van der Waals surface area contributed by atoms with Crippen LogP contribution >= 0.6 is 0 Å². The number of carbonyl (C=O) groups excluding carboxylic acids is 1. The molecule has 0 amide bonds. The molecule has 0 unspecified atom stereocenters. The van der Waals surface area contributed by atoms with Crippen LogP contribution in [-0.2, 0) is 15.2 Å². The number of hydrogen-bond acceptors (Lipinski definition) is 5. The molecule has 0 aromatic heterocycles. The Kier molecular flexibility index (Phi) is 5.08. The van der Waals surface area contributed by atoms with Gasteiger partial charge in [-0.2, -0.15) is 13.2 Å². The second-order valence-electron chi connectivity index (χ2n) is 7.69. The van der Waals surface area contributed by atoms with E-state index in [1.807, 2.05) is 58.0 Å². The van der Waals surface area contributed by atoms with Crippen molar-refractivity contribution in [2.45, 2.75) is 39.4 Å². The molecular weight excluding hydrogens is 383 g/mol. The van der Waals surface area contributed by atoms with Crippen molar-refractivity contribution in [2.24, 2.45) is 5.73 Å². The number of halogens is 3. The van der Waals surface area contributed by atoms with E-state index in [9.17, 15) is 18.0 Å². The summed E-state index contributed by atoms with van der Waals surface area (Å²) in [6.45, 7) is 7.46. The van der Waals surface area contributed by atoms with Crippen LogP contribution < -0.4 is 16.3 Å². The van der Waals surface area contributed by atoms with Crippen molar-refractivity contribution in [1.82, 2.24) is 5.43 Å². The molecule has 154 valence electrons. The van der Waals surface area contributed by atoms with Gasteiger partial charge < -0.3 is 10.6 Å². The summed E-state index contributed by atoms with van der Waals surface area (Å²) < 4.78 is 37.8. The Labute approximate surface area is 166 Å². The Morgan fingerprint density at radius 1 is 1.03 bits per heavy atom. The zero-order valence-corrected chi connectivity index (χ0v) is 16.5. The smallest absolute Gasteiger partial charge is 0.322 e. The lowest BCUT2D eigenvalue weighted by Crippen LogP contribution is -2.39. The topological polar surface area (TPSA) is 67.6 Å². The average molecular weight is 405 g/mol. The molecule has 0 saturated heterocycles. The zero-order chi connectivity index (χ0) is 21.6. The Bertz CT molecular complexity index is 970. The Hall–Kier alpha value is -3.00. The van der Waals surface area contributed by atoms with E-state index in [1.165, 1.54) is 0 Å². The van der Waals surface area contributed by atoms with Crippen molar-refractivity contribution in [3.8, 4) is 11.1 Å². The molecule has 1 aliphatic rings. The second kappa shape index (κ2) is 7.11. The van der Waals surface area contributed by atoms with Crippen LogP contribution in [0.4, 0.5) is 18.9 Å². The first kappa shape index (κ1) is 20.7. The molecule has 0 atom stereocenters. The third-order valence-electron chi connectivity index (χ3n) is 4.57. The standard InChI is InChI=1S/C21H22F3N3O2/c1-12(2)18-16-11-14(13-5-8-15(9-6-13)20(3,4)25)7-10-17(16)27(26-18)29-19(28)21(22,23)24/h5-11,26H,25H2,1-4H3. The molecule has 1 aliphatic heterocycles. The number of rotatable bonds is 3. The van der Waals surface area contributed by atoms with E-state index in [0.29, 0.717) is 16.9 Å². The van der Waals surface area contributed by atoms with Gasteiger partial charge in [0, 0.05) is 11.1 Å². The van der Waals surface area contributed by atoms with Crippen LogP contribution in [0.2, 0.25) is 0 Å². The van der Waals surface area contributed by atoms with E-state index in [2.05, 4.69) is 10.3 Å². The first-order valence-corrected chi connectivity index (χ1v) is 8.95. The van der Waals surface area contributed by atoms with Crippen LogP contribution in [0.5, 0.6) is 0 Å². The molecule has 3 N–H and O–H groups in total. The monoisotopic (exact) mass is 405 g/mol. The molecule has 0 bridgehead atoms. The van der Waals surface area contributed by atoms with Crippen molar-refractivity contribution in [3.05, 3.63) is 59.2 Å². The number of carbonyl (C=O) groups is 1. The van der Waals surface area contributed by atoms with Crippen LogP contribution in [0.25, 0.3) is 16.8 Å². The summed E-state index contributed by atoms with van der Waals surface area (Å²) in [6, 6.07) is 13.0. The summed E-state index contributed by atoms with van der Waals surface area (Å²) in [5.74, 6) is -2.30. The molecule has 8 heteroatoms. The largest absolute Gasteiger partial charge is 0.493 e. The molecule has 0 spiro atoms. The predicted molar refractivity (Wildman–Crippen MR) is 105 cm³/mol. The van der Waals surface area contributed by atoms with E-state index in [1.54, 1.807) is 12.1 Å². The molecule has 0 radical (unpaired) electrons. The van der Waals surface area contributed by atoms with Gasteiger partial charge in [0.05, 0.1) is 5.70 Å². The van der Waals surface area contributed by atoms with Gasteiger partial charge in [-0.3, -0.25) is 5.43 Å². The van der Waals surface area contributed by atoms with Gasteiger partial charge in [0.1, 0.15) is 5.69 Å². The summed E-state index contributed by atoms with van der Waals surface area (Å²) in [5.41, 5.74) is 13.5. The number of hydrazine groups is 1. The van der Waals surface area contributed by atoms with Crippen molar-refractivity contribution in [1.29, 1.82) is 0 Å². The van der Waals surface area contributed by atoms with Gasteiger partial charge in [-0.15, -0.1) is 5.17 Å². The molecule has 3 rings (SSSR count). The molecular formula is C21H22F3N3O2. The quantitative estimate of drug-likeness (QED) is 0.779. The van der Waals surface area contributed by atoms with Crippen LogP contribution in [-0.4, -0.2) is 12.1 Å². The number of allylic oxidation sites excluding steroid dienone is 1. The van der Waals surface area contributed by atoms with Crippen molar-refractivity contribution >= 4 is 17.4 Å². The lowest BCUT2D eigenvalue weighted by Gasteiger charge is -2.19. The first-order valence-electron chi connectivity index (χ1n) is 8.95. The van der Waals surface area contributed by atoms with Gasteiger partial charge in [0.15, 0.2) is 0 Å². The lowest BCUT2D eigenvalue weighted by atomic mass is 9.93. The summed E-state index contributed by atoms with van der Waals surface area (Å²) >= 11 is 0. The summed E-state index contributed by atoms with van der Waals surface area (Å²) in [5, 5.41) is 0.747. The highest BCUT2D eigenvalue weighted by molar-refractivity contribution is 5.87. The van der Waals surface area contributed by atoms with Crippen molar-refractivity contribution in [2.75, 3.05) is 5.17 Å². The number of nitrogens with two attached hydrogens (primary N) is 1. The van der Waals surface area contributed by atoms with E-state index in [4.69, 9.17) is 5.73 Å². The van der Waals surface area contributed by atoms with Gasteiger partial charge >= 0.3 is 12.1 Å².